The van der Waals surface area contributed by atoms with Crippen molar-refractivity contribution in [3.8, 4) is 0 Å². The predicted octanol–water partition coefficient (Wildman–Crippen LogP) is 1.92. The molecule has 0 fully saturated rings. The van der Waals surface area contributed by atoms with Crippen LogP contribution in [0.15, 0.2) is 0 Å². The van der Waals surface area contributed by atoms with E-state index in [1.54, 1.807) is 34.6 Å². The zero-order valence-electron chi connectivity index (χ0n) is 7.80. The fourth-order valence-electron chi connectivity index (χ4n) is 0.265. The highest BCUT2D eigenvalue weighted by Crippen LogP contribution is 2.15. The Morgan fingerprint density at radius 1 is 1.27 bits per heavy atom. The van der Waals surface area contributed by atoms with Crippen molar-refractivity contribution >= 4 is 5.97 Å². The molecule has 0 aliphatic heterocycles. The summed E-state index contributed by atoms with van der Waals surface area (Å²) in [5, 5.41) is 0. The molecule has 0 radical (unpaired) electrons. The molecule has 0 aliphatic carbocycles. The molecule has 0 heterocycles. The van der Waals surface area contributed by atoms with Crippen LogP contribution in [0.25, 0.3) is 0 Å². The van der Waals surface area contributed by atoms with E-state index in [0.29, 0.717) is 0 Å². The molecule has 0 N–H and O–H groups in total. The SMILES string of the molecule is CC(C)OOC(=O)C(C)(C)C. The van der Waals surface area contributed by atoms with Gasteiger partial charge in [-0.05, 0) is 34.6 Å². The quantitative estimate of drug-likeness (QED) is 0.457. The van der Waals surface area contributed by atoms with Crippen LogP contribution in [0.2, 0.25) is 0 Å². The van der Waals surface area contributed by atoms with Crippen LogP contribution in [0.4, 0.5) is 0 Å². The van der Waals surface area contributed by atoms with E-state index in [1.165, 1.54) is 0 Å². The highest BCUT2D eigenvalue weighted by Gasteiger charge is 2.24. The van der Waals surface area contributed by atoms with Crippen molar-refractivity contribution in [2.24, 2.45) is 5.41 Å². The van der Waals surface area contributed by atoms with Gasteiger partial charge in [-0.2, -0.15) is 4.89 Å². The molecule has 0 aromatic heterocycles. The van der Waals surface area contributed by atoms with E-state index < -0.39 is 5.41 Å². The average Bonchev–Trinajstić information content (AvgIpc) is 1.80. The summed E-state index contributed by atoms with van der Waals surface area (Å²) in [5.41, 5.74) is -0.491. The summed E-state index contributed by atoms with van der Waals surface area (Å²) in [5.74, 6) is -0.341. The average molecular weight is 160 g/mol. The van der Waals surface area contributed by atoms with Gasteiger partial charge in [0.05, 0.1) is 11.5 Å². The Balaban J connectivity index is 3.71. The maximum absolute atomic E-state index is 11.0. The van der Waals surface area contributed by atoms with E-state index in [4.69, 9.17) is 0 Å². The normalized spacial score (nSPS) is 11.8. The fourth-order valence-corrected chi connectivity index (χ4v) is 0.265. The number of hydrogen-bond donors (Lipinski definition) is 0. The molecule has 0 aliphatic rings. The van der Waals surface area contributed by atoms with Gasteiger partial charge >= 0.3 is 5.97 Å². The lowest BCUT2D eigenvalue weighted by atomic mass is 9.98. The fraction of sp³-hybridized carbons (Fsp3) is 0.875. The van der Waals surface area contributed by atoms with Gasteiger partial charge in [-0.3, -0.25) is 4.89 Å². The minimum atomic E-state index is -0.491. The Morgan fingerprint density at radius 2 is 1.73 bits per heavy atom. The second kappa shape index (κ2) is 3.72. The Bertz CT molecular complexity index is 133. The molecule has 3 heteroatoms. The molecule has 0 bridgehead atoms. The van der Waals surface area contributed by atoms with Crippen LogP contribution in [0.5, 0.6) is 0 Å². The summed E-state index contributed by atoms with van der Waals surface area (Å²) in [4.78, 5) is 20.2. The Hall–Kier alpha value is -0.570. The summed E-state index contributed by atoms with van der Waals surface area (Å²) >= 11 is 0. The zero-order valence-corrected chi connectivity index (χ0v) is 7.80. The van der Waals surface area contributed by atoms with E-state index in [0.717, 1.165) is 0 Å². The van der Waals surface area contributed by atoms with Crippen LogP contribution < -0.4 is 0 Å². The topological polar surface area (TPSA) is 35.5 Å². The Kier molecular flexibility index (Phi) is 3.52. The molecule has 0 amide bonds. The smallest absolute Gasteiger partial charge is 0.298 e. The van der Waals surface area contributed by atoms with Gasteiger partial charge in [0.1, 0.15) is 0 Å². The van der Waals surface area contributed by atoms with Crippen molar-refractivity contribution in [1.29, 1.82) is 0 Å². The van der Waals surface area contributed by atoms with Crippen LogP contribution >= 0.6 is 0 Å². The van der Waals surface area contributed by atoms with Gasteiger partial charge < -0.3 is 0 Å². The third-order valence-corrected chi connectivity index (χ3v) is 0.929. The summed E-state index contributed by atoms with van der Waals surface area (Å²) in [6.45, 7) is 8.93. The monoisotopic (exact) mass is 160 g/mol. The molecule has 0 saturated heterocycles. The van der Waals surface area contributed by atoms with Gasteiger partial charge in [0.15, 0.2) is 0 Å². The molecular formula is C8H16O3. The van der Waals surface area contributed by atoms with E-state index >= 15 is 0 Å². The first-order chi connectivity index (χ1) is 4.84. The molecule has 0 unspecified atom stereocenters. The second-order valence-electron chi connectivity index (χ2n) is 3.77. The molecular weight excluding hydrogens is 144 g/mol. The van der Waals surface area contributed by atoms with Gasteiger partial charge in [0.2, 0.25) is 0 Å². The van der Waals surface area contributed by atoms with Crippen molar-refractivity contribution in [2.45, 2.75) is 40.7 Å². The first-order valence-electron chi connectivity index (χ1n) is 3.72. The van der Waals surface area contributed by atoms with Crippen molar-refractivity contribution in [3.05, 3.63) is 0 Å². The maximum atomic E-state index is 11.0. The van der Waals surface area contributed by atoms with Gasteiger partial charge in [-0.1, -0.05) is 0 Å². The minimum Gasteiger partial charge on any atom is -0.298 e. The van der Waals surface area contributed by atoms with Crippen LogP contribution in [-0.4, -0.2) is 12.1 Å². The lowest BCUT2D eigenvalue weighted by Crippen LogP contribution is -2.24. The Labute approximate surface area is 67.6 Å². The molecule has 0 aromatic carbocycles. The maximum Gasteiger partial charge on any atom is 0.347 e. The second-order valence-corrected chi connectivity index (χ2v) is 3.77. The van der Waals surface area contributed by atoms with E-state index in [1.807, 2.05) is 0 Å². The standard InChI is InChI=1S/C8H16O3/c1-6(2)10-11-7(9)8(3,4)5/h6H,1-5H3. The third kappa shape index (κ3) is 4.79. The van der Waals surface area contributed by atoms with Crippen molar-refractivity contribution in [2.75, 3.05) is 0 Å². The van der Waals surface area contributed by atoms with Crippen LogP contribution in [0, 0.1) is 5.41 Å². The summed E-state index contributed by atoms with van der Waals surface area (Å²) < 4.78 is 0. The highest BCUT2D eigenvalue weighted by molar-refractivity contribution is 5.74. The van der Waals surface area contributed by atoms with Gasteiger partial charge in [-0.15, -0.1) is 0 Å². The van der Waals surface area contributed by atoms with Crippen molar-refractivity contribution < 1.29 is 14.6 Å². The van der Waals surface area contributed by atoms with Gasteiger partial charge in [0.25, 0.3) is 0 Å². The molecule has 0 atom stereocenters. The predicted molar refractivity (Wildman–Crippen MR) is 41.8 cm³/mol. The zero-order chi connectivity index (χ0) is 9.07. The molecule has 11 heavy (non-hydrogen) atoms. The molecule has 0 aromatic rings. The molecule has 66 valence electrons. The summed E-state index contributed by atoms with van der Waals surface area (Å²) in [6.07, 6.45) is -0.0821. The summed E-state index contributed by atoms with van der Waals surface area (Å²) in [6, 6.07) is 0. The minimum absolute atomic E-state index is 0.0821. The molecule has 0 saturated carbocycles. The van der Waals surface area contributed by atoms with E-state index in [2.05, 4.69) is 9.78 Å². The number of hydrogen-bond acceptors (Lipinski definition) is 3. The molecule has 0 rings (SSSR count). The Morgan fingerprint density at radius 3 is 2.00 bits per heavy atom. The van der Waals surface area contributed by atoms with Crippen molar-refractivity contribution in [3.63, 3.8) is 0 Å². The first kappa shape index (κ1) is 10.4. The van der Waals surface area contributed by atoms with E-state index in [-0.39, 0.29) is 12.1 Å². The van der Waals surface area contributed by atoms with Crippen molar-refractivity contribution in [1.82, 2.24) is 0 Å². The van der Waals surface area contributed by atoms with Crippen LogP contribution in [0.1, 0.15) is 34.6 Å². The molecule has 0 spiro atoms. The molecule has 3 nitrogen and oxygen atoms in total. The van der Waals surface area contributed by atoms with Gasteiger partial charge in [-0.25, -0.2) is 4.79 Å². The number of carbonyl (C=O) groups is 1. The lowest BCUT2D eigenvalue weighted by molar-refractivity contribution is -0.297. The highest BCUT2D eigenvalue weighted by atomic mass is 17.2. The largest absolute Gasteiger partial charge is 0.347 e. The number of rotatable bonds is 2. The van der Waals surface area contributed by atoms with Crippen LogP contribution in [0.3, 0.4) is 0 Å². The van der Waals surface area contributed by atoms with Crippen LogP contribution in [-0.2, 0) is 14.6 Å². The lowest BCUT2D eigenvalue weighted by Gasteiger charge is -2.15. The first-order valence-corrected chi connectivity index (χ1v) is 3.72. The van der Waals surface area contributed by atoms with Gasteiger partial charge in [0, 0.05) is 0 Å². The third-order valence-electron chi connectivity index (χ3n) is 0.929. The summed E-state index contributed by atoms with van der Waals surface area (Å²) in [7, 11) is 0. The van der Waals surface area contributed by atoms with E-state index in [9.17, 15) is 4.79 Å². The number of carbonyl (C=O) groups excluding carboxylic acids is 1.